The van der Waals surface area contributed by atoms with Crippen molar-refractivity contribution in [1.29, 1.82) is 0 Å². The number of carbonyl (C=O) groups is 1. The van der Waals surface area contributed by atoms with Crippen LogP contribution in [-0.4, -0.2) is 41.9 Å². The van der Waals surface area contributed by atoms with Crippen molar-refractivity contribution in [1.82, 2.24) is 4.90 Å². The number of piperidine rings is 1. The molecule has 92 valence electrons. The minimum Gasteiger partial charge on any atom is -0.377 e. The van der Waals surface area contributed by atoms with E-state index < -0.39 is 0 Å². The van der Waals surface area contributed by atoms with Crippen molar-refractivity contribution in [3.63, 3.8) is 0 Å². The van der Waals surface area contributed by atoms with Crippen LogP contribution in [0.15, 0.2) is 0 Å². The third kappa shape index (κ3) is 2.98. The number of halogens is 1. The highest BCUT2D eigenvalue weighted by molar-refractivity contribution is 9.09. The maximum atomic E-state index is 12.0. The van der Waals surface area contributed by atoms with Crippen molar-refractivity contribution in [2.45, 2.75) is 32.3 Å². The quantitative estimate of drug-likeness (QED) is 0.742. The third-order valence-electron chi connectivity index (χ3n) is 3.61. The summed E-state index contributed by atoms with van der Waals surface area (Å²) in [6.45, 7) is 4.71. The average Bonchev–Trinajstić information content (AvgIpc) is 3.03. The van der Waals surface area contributed by atoms with E-state index in [-0.39, 0.29) is 0 Å². The topological polar surface area (TPSA) is 29.5 Å². The van der Waals surface area contributed by atoms with Gasteiger partial charge in [0.1, 0.15) is 0 Å². The second kappa shape index (κ2) is 5.50. The van der Waals surface area contributed by atoms with Crippen molar-refractivity contribution in [3.05, 3.63) is 0 Å². The van der Waals surface area contributed by atoms with Crippen LogP contribution in [-0.2, 0) is 9.53 Å². The minimum atomic E-state index is 0.333. The zero-order valence-corrected chi connectivity index (χ0v) is 11.4. The molecule has 1 amide bonds. The molecule has 3 nitrogen and oxygen atoms in total. The Balaban J connectivity index is 1.70. The Labute approximate surface area is 106 Å². The van der Waals surface area contributed by atoms with Gasteiger partial charge in [0.2, 0.25) is 5.91 Å². The predicted octanol–water partition coefficient (Wildman–Crippen LogP) is 2.04. The lowest BCUT2D eigenvalue weighted by Gasteiger charge is -2.32. The number of nitrogens with zero attached hydrogens (tertiary/aromatic N) is 1. The summed E-state index contributed by atoms with van der Waals surface area (Å²) in [6.07, 6.45) is 3.46. The normalized spacial score (nSPS) is 30.5. The fourth-order valence-electron chi connectivity index (χ4n) is 2.35. The second-order valence-corrected chi connectivity index (χ2v) is 5.70. The molecule has 0 aromatic heterocycles. The first-order valence-electron chi connectivity index (χ1n) is 6.18. The van der Waals surface area contributed by atoms with Crippen LogP contribution in [0.2, 0.25) is 0 Å². The summed E-state index contributed by atoms with van der Waals surface area (Å²) >= 11 is 3.36. The second-order valence-electron chi connectivity index (χ2n) is 4.90. The summed E-state index contributed by atoms with van der Waals surface area (Å²) in [4.78, 5) is 14.0. The van der Waals surface area contributed by atoms with E-state index in [2.05, 4.69) is 22.9 Å². The van der Waals surface area contributed by atoms with E-state index in [9.17, 15) is 4.79 Å². The molecule has 2 rings (SSSR count). The van der Waals surface area contributed by atoms with Crippen LogP contribution in [0.4, 0.5) is 0 Å². The lowest BCUT2D eigenvalue weighted by molar-refractivity contribution is -0.135. The van der Waals surface area contributed by atoms with E-state index in [1.807, 2.05) is 4.90 Å². The highest BCUT2D eigenvalue weighted by Crippen LogP contribution is 2.39. The summed E-state index contributed by atoms with van der Waals surface area (Å²) in [5.74, 6) is 1.33. The smallest absolute Gasteiger partial charge is 0.225 e. The van der Waals surface area contributed by atoms with Gasteiger partial charge in [-0.05, 0) is 25.2 Å². The molecule has 0 aromatic rings. The van der Waals surface area contributed by atoms with Gasteiger partial charge in [-0.2, -0.15) is 0 Å². The zero-order chi connectivity index (χ0) is 11.5. The minimum absolute atomic E-state index is 0.333. The van der Waals surface area contributed by atoms with Crippen LogP contribution in [0.25, 0.3) is 0 Å². The van der Waals surface area contributed by atoms with Crippen LogP contribution >= 0.6 is 15.9 Å². The van der Waals surface area contributed by atoms with Gasteiger partial charge in [0.25, 0.3) is 0 Å². The Hall–Kier alpha value is -0.0900. The number of hydrogen-bond acceptors (Lipinski definition) is 2. The van der Waals surface area contributed by atoms with Gasteiger partial charge in [-0.3, -0.25) is 4.79 Å². The van der Waals surface area contributed by atoms with Crippen molar-refractivity contribution in [2.24, 2.45) is 11.8 Å². The lowest BCUT2D eigenvalue weighted by Crippen LogP contribution is -2.41. The Morgan fingerprint density at radius 2 is 2.06 bits per heavy atom. The molecular weight excluding hydrogens is 270 g/mol. The standard InChI is InChI=1S/C12H20BrNO2/c1-9-8-11(9)12(15)14-5-2-10(3-6-14)16-7-4-13/h9-11H,2-8H2,1H3. The number of carbonyl (C=O) groups excluding carboxylic acids is 1. The summed E-state index contributed by atoms with van der Waals surface area (Å²) in [6, 6.07) is 0. The molecule has 2 unspecified atom stereocenters. The number of alkyl halides is 1. The van der Waals surface area contributed by atoms with E-state index in [4.69, 9.17) is 4.74 Å². The summed E-state index contributed by atoms with van der Waals surface area (Å²) < 4.78 is 5.67. The first kappa shape index (κ1) is 12.4. The van der Waals surface area contributed by atoms with Crippen LogP contribution in [0.1, 0.15) is 26.2 Å². The van der Waals surface area contributed by atoms with Gasteiger partial charge in [0, 0.05) is 24.3 Å². The molecule has 16 heavy (non-hydrogen) atoms. The fourth-order valence-corrected chi connectivity index (χ4v) is 2.54. The van der Waals surface area contributed by atoms with Crippen molar-refractivity contribution >= 4 is 21.8 Å². The highest BCUT2D eigenvalue weighted by atomic mass is 79.9. The van der Waals surface area contributed by atoms with Crippen molar-refractivity contribution in [3.8, 4) is 0 Å². The van der Waals surface area contributed by atoms with E-state index in [1.165, 1.54) is 0 Å². The van der Waals surface area contributed by atoms with Gasteiger partial charge in [-0.15, -0.1) is 0 Å². The SMILES string of the molecule is CC1CC1C(=O)N1CCC(OCCBr)CC1. The van der Waals surface area contributed by atoms with Gasteiger partial charge < -0.3 is 9.64 Å². The molecule has 0 N–H and O–H groups in total. The Kier molecular flexibility index (Phi) is 4.25. The summed E-state index contributed by atoms with van der Waals surface area (Å²) in [5.41, 5.74) is 0. The van der Waals surface area contributed by atoms with Crippen LogP contribution in [0, 0.1) is 11.8 Å². The first-order chi connectivity index (χ1) is 7.72. The molecule has 2 fully saturated rings. The third-order valence-corrected chi connectivity index (χ3v) is 3.93. The lowest BCUT2D eigenvalue weighted by atomic mass is 10.1. The monoisotopic (exact) mass is 289 g/mol. The van der Waals surface area contributed by atoms with Gasteiger partial charge in [0.05, 0.1) is 12.7 Å². The van der Waals surface area contributed by atoms with Crippen LogP contribution in [0.5, 0.6) is 0 Å². The van der Waals surface area contributed by atoms with Crippen molar-refractivity contribution < 1.29 is 9.53 Å². The molecule has 0 spiro atoms. The van der Waals surface area contributed by atoms with Crippen LogP contribution in [0.3, 0.4) is 0 Å². The summed E-state index contributed by atoms with van der Waals surface area (Å²) in [5, 5.41) is 0.895. The highest BCUT2D eigenvalue weighted by Gasteiger charge is 2.42. The Bertz CT molecular complexity index is 251. The van der Waals surface area contributed by atoms with E-state index in [0.717, 1.165) is 44.3 Å². The fraction of sp³-hybridized carbons (Fsp3) is 0.917. The number of hydrogen-bond donors (Lipinski definition) is 0. The number of amides is 1. The molecule has 1 saturated carbocycles. The molecule has 1 aliphatic heterocycles. The molecule has 1 saturated heterocycles. The number of likely N-dealkylation sites (tertiary alicyclic amines) is 1. The first-order valence-corrected chi connectivity index (χ1v) is 7.31. The molecule has 2 aliphatic rings. The van der Waals surface area contributed by atoms with Crippen molar-refractivity contribution in [2.75, 3.05) is 25.0 Å². The molecule has 1 aliphatic carbocycles. The maximum absolute atomic E-state index is 12.0. The maximum Gasteiger partial charge on any atom is 0.225 e. The molecule has 0 bridgehead atoms. The van der Waals surface area contributed by atoms with Crippen LogP contribution < -0.4 is 0 Å². The average molecular weight is 290 g/mol. The molecule has 0 radical (unpaired) electrons. The Morgan fingerprint density at radius 1 is 1.44 bits per heavy atom. The predicted molar refractivity (Wildman–Crippen MR) is 66.6 cm³/mol. The van der Waals surface area contributed by atoms with Gasteiger partial charge in [0.15, 0.2) is 0 Å². The Morgan fingerprint density at radius 3 is 2.56 bits per heavy atom. The number of rotatable bonds is 4. The van der Waals surface area contributed by atoms with Gasteiger partial charge in [-0.1, -0.05) is 22.9 Å². The number of ether oxygens (including phenoxy) is 1. The molecule has 4 heteroatoms. The van der Waals surface area contributed by atoms with E-state index in [0.29, 0.717) is 23.8 Å². The molecule has 0 aromatic carbocycles. The summed E-state index contributed by atoms with van der Waals surface area (Å²) in [7, 11) is 0. The van der Waals surface area contributed by atoms with Gasteiger partial charge >= 0.3 is 0 Å². The zero-order valence-electron chi connectivity index (χ0n) is 9.82. The van der Waals surface area contributed by atoms with E-state index >= 15 is 0 Å². The molecule has 1 heterocycles. The van der Waals surface area contributed by atoms with Gasteiger partial charge in [-0.25, -0.2) is 0 Å². The van der Waals surface area contributed by atoms with E-state index in [1.54, 1.807) is 0 Å². The molecular formula is C12H20BrNO2. The molecule has 2 atom stereocenters. The largest absolute Gasteiger partial charge is 0.377 e.